The van der Waals surface area contributed by atoms with E-state index in [1.54, 1.807) is 7.85 Å². The van der Waals surface area contributed by atoms with Crippen LogP contribution < -0.4 is 5.32 Å². The van der Waals surface area contributed by atoms with E-state index in [9.17, 15) is 14.4 Å². The van der Waals surface area contributed by atoms with E-state index in [1.165, 1.54) is 34.6 Å². The van der Waals surface area contributed by atoms with Crippen molar-refractivity contribution in [2.24, 2.45) is 5.41 Å². The Morgan fingerprint density at radius 1 is 1.18 bits per heavy atom. The van der Waals surface area contributed by atoms with E-state index in [-0.39, 0.29) is 5.78 Å². The minimum atomic E-state index is -1.30. The molecule has 5 nitrogen and oxygen atoms in total. The molecular formula is C11H20BNO4. The van der Waals surface area contributed by atoms with Crippen LogP contribution in [-0.2, 0) is 19.1 Å². The quantitative estimate of drug-likeness (QED) is 0.405. The van der Waals surface area contributed by atoms with Crippen LogP contribution in [0.25, 0.3) is 0 Å². The molecule has 96 valence electrons. The molecule has 0 heterocycles. The molecule has 0 aromatic carbocycles. The summed E-state index contributed by atoms with van der Waals surface area (Å²) >= 11 is 0. The van der Waals surface area contributed by atoms with Crippen molar-refractivity contribution >= 4 is 25.5 Å². The maximum absolute atomic E-state index is 11.9. The second kappa shape index (κ2) is 5.34. The van der Waals surface area contributed by atoms with Gasteiger partial charge < -0.3 is 10.1 Å². The molecule has 0 spiro atoms. The van der Waals surface area contributed by atoms with Crippen LogP contribution in [0.4, 0.5) is 0 Å². The Bertz CT molecular complexity index is 336. The molecule has 1 amide bonds. The zero-order valence-corrected chi connectivity index (χ0v) is 11.3. The van der Waals surface area contributed by atoms with Gasteiger partial charge in [0.2, 0.25) is 5.91 Å². The third-order valence-electron chi connectivity index (χ3n) is 2.61. The lowest BCUT2D eigenvalue weighted by Crippen LogP contribution is -2.47. The SMILES string of the molecule is BCNC(=O)C(C)(C)C(=O)OC(C)(C)C(C)=O. The average molecular weight is 241 g/mol. The van der Waals surface area contributed by atoms with Crippen LogP contribution in [0.3, 0.4) is 0 Å². The molecule has 6 heteroatoms. The first-order valence-electron chi connectivity index (χ1n) is 5.58. The highest BCUT2D eigenvalue weighted by atomic mass is 16.6. The number of carbonyl (C=O) groups is 3. The summed E-state index contributed by atoms with van der Waals surface area (Å²) in [6, 6.07) is 0. The molecule has 0 aromatic heterocycles. The van der Waals surface area contributed by atoms with Crippen LogP contribution in [0.15, 0.2) is 0 Å². The average Bonchev–Trinajstić information content (AvgIpc) is 2.16. The normalized spacial score (nSPS) is 11.8. The monoisotopic (exact) mass is 241 g/mol. The van der Waals surface area contributed by atoms with Crippen LogP contribution in [0.1, 0.15) is 34.6 Å². The third-order valence-corrected chi connectivity index (χ3v) is 2.61. The minimum Gasteiger partial charge on any atom is -0.451 e. The molecule has 0 aliphatic heterocycles. The summed E-state index contributed by atoms with van der Waals surface area (Å²) in [4.78, 5) is 34.8. The van der Waals surface area contributed by atoms with E-state index in [0.717, 1.165) is 0 Å². The van der Waals surface area contributed by atoms with Crippen LogP contribution in [-0.4, -0.2) is 37.6 Å². The van der Waals surface area contributed by atoms with Gasteiger partial charge in [0.15, 0.2) is 11.4 Å². The summed E-state index contributed by atoms with van der Waals surface area (Å²) in [6.07, 6.45) is 0.436. The predicted molar refractivity (Wildman–Crippen MR) is 66.2 cm³/mol. The molecule has 0 saturated heterocycles. The van der Waals surface area contributed by atoms with Crippen molar-refractivity contribution in [2.45, 2.75) is 40.2 Å². The van der Waals surface area contributed by atoms with E-state index in [1.807, 2.05) is 0 Å². The van der Waals surface area contributed by atoms with Crippen molar-refractivity contribution in [1.29, 1.82) is 0 Å². The molecule has 0 bridgehead atoms. The highest BCUT2D eigenvalue weighted by molar-refractivity contribution is 6.11. The Balaban J connectivity index is 4.82. The highest BCUT2D eigenvalue weighted by Crippen LogP contribution is 2.22. The molecule has 0 saturated carbocycles. The minimum absolute atomic E-state index is 0.266. The number of Topliss-reactive ketones (excluding diaryl/α,β-unsaturated/α-hetero) is 1. The van der Waals surface area contributed by atoms with E-state index in [2.05, 4.69) is 5.32 Å². The fourth-order valence-electron chi connectivity index (χ4n) is 0.905. The standard InChI is InChI=1S/C11H20BNO4/c1-7(14)11(4,5)17-9(16)10(2,3)8(15)13-6-12/h6,12H2,1-5H3,(H,13,15). The number of hydrogen-bond donors (Lipinski definition) is 1. The van der Waals surface area contributed by atoms with Gasteiger partial charge in [-0.25, -0.2) is 0 Å². The summed E-state index contributed by atoms with van der Waals surface area (Å²) in [5, 5.41) is 2.56. The second-order valence-electron chi connectivity index (χ2n) is 4.94. The van der Waals surface area contributed by atoms with Crippen molar-refractivity contribution in [3.05, 3.63) is 0 Å². The van der Waals surface area contributed by atoms with E-state index < -0.39 is 22.9 Å². The van der Waals surface area contributed by atoms with Crippen molar-refractivity contribution in [3.8, 4) is 0 Å². The number of amides is 1. The van der Waals surface area contributed by atoms with Crippen molar-refractivity contribution in [3.63, 3.8) is 0 Å². The second-order valence-corrected chi connectivity index (χ2v) is 4.94. The number of nitrogens with one attached hydrogen (secondary N) is 1. The molecule has 0 aliphatic carbocycles. The summed E-state index contributed by atoms with van der Waals surface area (Å²) in [5.74, 6) is -1.38. The predicted octanol–water partition coefficient (Wildman–Crippen LogP) is -0.370. The Kier molecular flexibility index (Phi) is 4.92. The van der Waals surface area contributed by atoms with E-state index in [4.69, 9.17) is 4.74 Å². The molecule has 17 heavy (non-hydrogen) atoms. The molecule has 0 aromatic rings. The van der Waals surface area contributed by atoms with Gasteiger partial charge >= 0.3 is 5.97 Å². The number of hydrogen-bond acceptors (Lipinski definition) is 4. The fourth-order valence-corrected chi connectivity index (χ4v) is 0.905. The molecule has 0 unspecified atom stereocenters. The summed E-state index contributed by atoms with van der Waals surface area (Å²) in [6.45, 7) is 7.28. The number of ether oxygens (including phenoxy) is 1. The zero-order valence-electron chi connectivity index (χ0n) is 11.3. The van der Waals surface area contributed by atoms with Crippen LogP contribution in [0.5, 0.6) is 0 Å². The molecule has 0 rings (SSSR count). The topological polar surface area (TPSA) is 72.5 Å². The fraction of sp³-hybridized carbons (Fsp3) is 0.727. The number of ketones is 1. The van der Waals surface area contributed by atoms with Gasteiger partial charge in [0.1, 0.15) is 13.3 Å². The zero-order chi connectivity index (χ0) is 13.9. The Hall–Kier alpha value is -1.33. The summed E-state index contributed by atoms with van der Waals surface area (Å²) in [7, 11) is 1.76. The van der Waals surface area contributed by atoms with Crippen molar-refractivity contribution in [1.82, 2.24) is 5.32 Å². The maximum atomic E-state index is 11.9. The van der Waals surface area contributed by atoms with Gasteiger partial charge in [-0.2, -0.15) is 0 Å². The Morgan fingerprint density at radius 3 is 2.00 bits per heavy atom. The number of carbonyl (C=O) groups excluding carboxylic acids is 3. The third kappa shape index (κ3) is 3.87. The van der Waals surface area contributed by atoms with Crippen LogP contribution >= 0.6 is 0 Å². The van der Waals surface area contributed by atoms with Gasteiger partial charge in [0.25, 0.3) is 0 Å². The summed E-state index contributed by atoms with van der Waals surface area (Å²) < 4.78 is 5.08. The lowest BCUT2D eigenvalue weighted by atomic mass is 9.91. The highest BCUT2D eigenvalue weighted by Gasteiger charge is 2.41. The van der Waals surface area contributed by atoms with Gasteiger partial charge in [-0.3, -0.25) is 14.4 Å². The molecule has 0 fully saturated rings. The summed E-state index contributed by atoms with van der Waals surface area (Å²) in [5.41, 5.74) is -2.51. The Morgan fingerprint density at radius 2 is 1.65 bits per heavy atom. The van der Waals surface area contributed by atoms with E-state index >= 15 is 0 Å². The number of rotatable bonds is 5. The smallest absolute Gasteiger partial charge is 0.322 e. The van der Waals surface area contributed by atoms with Crippen molar-refractivity contribution < 1.29 is 19.1 Å². The van der Waals surface area contributed by atoms with Gasteiger partial charge in [-0.1, -0.05) is 0 Å². The molecule has 0 aliphatic rings. The molecule has 0 radical (unpaired) electrons. The van der Waals surface area contributed by atoms with Gasteiger partial charge in [0, 0.05) is 0 Å². The Labute approximate surface area is 103 Å². The van der Waals surface area contributed by atoms with E-state index in [0.29, 0.717) is 6.44 Å². The van der Waals surface area contributed by atoms with Gasteiger partial charge in [-0.15, -0.1) is 0 Å². The lowest BCUT2D eigenvalue weighted by Gasteiger charge is -2.28. The molecule has 1 N–H and O–H groups in total. The lowest BCUT2D eigenvalue weighted by molar-refractivity contribution is -0.174. The first kappa shape index (κ1) is 15.7. The maximum Gasteiger partial charge on any atom is 0.322 e. The van der Waals surface area contributed by atoms with Crippen LogP contribution in [0.2, 0.25) is 0 Å². The van der Waals surface area contributed by atoms with Crippen LogP contribution in [0, 0.1) is 5.41 Å². The first-order valence-corrected chi connectivity index (χ1v) is 5.58. The first-order chi connectivity index (χ1) is 7.55. The molecular weight excluding hydrogens is 221 g/mol. The molecule has 0 atom stereocenters. The van der Waals surface area contributed by atoms with Crippen molar-refractivity contribution in [2.75, 3.05) is 6.44 Å². The largest absolute Gasteiger partial charge is 0.451 e. The van der Waals surface area contributed by atoms with Gasteiger partial charge in [-0.05, 0) is 41.1 Å². The van der Waals surface area contributed by atoms with Gasteiger partial charge in [0.05, 0.1) is 0 Å². The number of esters is 1.